The summed E-state index contributed by atoms with van der Waals surface area (Å²) in [4.78, 5) is 17.0. The van der Waals surface area contributed by atoms with Crippen molar-refractivity contribution in [2.24, 2.45) is 5.92 Å². The molecule has 2 atom stereocenters. The van der Waals surface area contributed by atoms with Gasteiger partial charge in [0.05, 0.1) is 23.2 Å². The Morgan fingerprint density at radius 2 is 1.87 bits per heavy atom. The Bertz CT molecular complexity index is 649. The molecule has 23 heavy (non-hydrogen) atoms. The molecule has 1 heterocycles. The Balaban J connectivity index is 2.04. The maximum Gasteiger partial charge on any atom is 0.233 e. The molecule has 4 nitrogen and oxygen atoms in total. The van der Waals surface area contributed by atoms with E-state index in [2.05, 4.69) is 31.1 Å². The van der Waals surface area contributed by atoms with Crippen LogP contribution in [0.3, 0.4) is 0 Å². The van der Waals surface area contributed by atoms with E-state index in [1.165, 1.54) is 0 Å². The smallest absolute Gasteiger partial charge is 0.233 e. The van der Waals surface area contributed by atoms with Gasteiger partial charge in [0.2, 0.25) is 5.91 Å². The van der Waals surface area contributed by atoms with Gasteiger partial charge in [0.15, 0.2) is 0 Å². The van der Waals surface area contributed by atoms with Crippen LogP contribution in [-0.4, -0.2) is 16.0 Å². The second-order valence-electron chi connectivity index (χ2n) is 6.21. The number of carbonyl (C=O) groups is 1. The Kier molecular flexibility index (Phi) is 5.91. The minimum atomic E-state index is -0.295. The van der Waals surface area contributed by atoms with E-state index in [1.54, 1.807) is 35.6 Å². The van der Waals surface area contributed by atoms with Gasteiger partial charge in [-0.25, -0.2) is 4.98 Å². The van der Waals surface area contributed by atoms with Crippen molar-refractivity contribution >= 4 is 22.9 Å². The van der Waals surface area contributed by atoms with Crippen molar-refractivity contribution in [3.63, 3.8) is 0 Å². The van der Waals surface area contributed by atoms with Gasteiger partial charge in [0.25, 0.3) is 0 Å². The van der Waals surface area contributed by atoms with Gasteiger partial charge < -0.3 is 10.4 Å². The van der Waals surface area contributed by atoms with Gasteiger partial charge in [-0.05, 0) is 30.5 Å². The molecule has 0 radical (unpaired) electrons. The molecule has 0 saturated carbocycles. The van der Waals surface area contributed by atoms with Crippen molar-refractivity contribution in [3.05, 3.63) is 45.9 Å². The molecule has 2 rings (SSSR count). The fraction of sp³-hybridized carbons (Fsp3) is 0.444. The molecule has 1 aromatic heterocycles. The normalized spacial score (nSPS) is 13.8. The topological polar surface area (TPSA) is 62.2 Å². The molecular formula is C18H24N2O2S. The summed E-state index contributed by atoms with van der Waals surface area (Å²) in [6.07, 6.45) is 0. The van der Waals surface area contributed by atoms with Crippen molar-refractivity contribution < 1.29 is 9.90 Å². The summed E-state index contributed by atoms with van der Waals surface area (Å²) in [5.74, 6) is 0.561. The minimum Gasteiger partial charge on any atom is -0.392 e. The first-order chi connectivity index (χ1) is 10.9. The molecular weight excluding hydrogens is 308 g/mol. The van der Waals surface area contributed by atoms with Gasteiger partial charge in [0.1, 0.15) is 0 Å². The highest BCUT2D eigenvalue weighted by molar-refractivity contribution is 7.09. The van der Waals surface area contributed by atoms with Crippen molar-refractivity contribution in [3.8, 4) is 0 Å². The molecule has 0 aliphatic heterocycles. The summed E-state index contributed by atoms with van der Waals surface area (Å²) >= 11 is 1.62. The van der Waals surface area contributed by atoms with Crippen LogP contribution in [0.5, 0.6) is 0 Å². The average Bonchev–Trinajstić information content (AvgIpc) is 3.03. The maximum absolute atomic E-state index is 12.4. The van der Waals surface area contributed by atoms with Gasteiger partial charge in [-0.3, -0.25) is 4.79 Å². The number of thiazole rings is 1. The number of aliphatic hydroxyl groups excluding tert-OH is 1. The highest BCUT2D eigenvalue weighted by atomic mass is 32.1. The van der Waals surface area contributed by atoms with Crippen LogP contribution in [0.4, 0.5) is 5.69 Å². The highest BCUT2D eigenvalue weighted by Crippen LogP contribution is 2.29. The molecule has 2 N–H and O–H groups in total. The number of rotatable bonds is 6. The van der Waals surface area contributed by atoms with Gasteiger partial charge in [-0.2, -0.15) is 0 Å². The first-order valence-corrected chi connectivity index (χ1v) is 8.76. The van der Waals surface area contributed by atoms with Crippen molar-refractivity contribution in [2.45, 2.75) is 46.1 Å². The fourth-order valence-corrected chi connectivity index (χ4v) is 3.22. The Morgan fingerprint density at radius 3 is 2.43 bits per heavy atom. The number of benzene rings is 1. The number of hydrogen-bond acceptors (Lipinski definition) is 4. The molecule has 0 unspecified atom stereocenters. The van der Waals surface area contributed by atoms with Gasteiger partial charge in [-0.15, -0.1) is 11.3 Å². The largest absolute Gasteiger partial charge is 0.392 e. The lowest BCUT2D eigenvalue weighted by Gasteiger charge is -2.13. The zero-order valence-electron chi connectivity index (χ0n) is 14.0. The minimum absolute atomic E-state index is 0.000263. The van der Waals surface area contributed by atoms with Crippen LogP contribution in [0.1, 0.15) is 55.8 Å². The van der Waals surface area contributed by atoms with Crippen LogP contribution in [0, 0.1) is 5.92 Å². The van der Waals surface area contributed by atoms with E-state index in [-0.39, 0.29) is 18.4 Å². The second-order valence-corrected chi connectivity index (χ2v) is 7.10. The van der Waals surface area contributed by atoms with E-state index in [1.807, 2.05) is 12.3 Å². The van der Waals surface area contributed by atoms with Crippen molar-refractivity contribution in [1.82, 2.24) is 4.98 Å². The number of anilines is 1. The number of aromatic nitrogens is 1. The predicted molar refractivity (Wildman–Crippen MR) is 94.8 cm³/mol. The molecule has 0 spiro atoms. The maximum atomic E-state index is 12.4. The summed E-state index contributed by atoms with van der Waals surface area (Å²) in [7, 11) is 0. The van der Waals surface area contributed by atoms with E-state index < -0.39 is 0 Å². The molecule has 0 fully saturated rings. The van der Waals surface area contributed by atoms with Crippen molar-refractivity contribution in [2.75, 3.05) is 5.32 Å². The van der Waals surface area contributed by atoms with Crippen LogP contribution in [0.25, 0.3) is 0 Å². The lowest BCUT2D eigenvalue weighted by molar-refractivity contribution is -0.117. The number of aliphatic hydroxyl groups is 1. The van der Waals surface area contributed by atoms with E-state index in [0.29, 0.717) is 11.8 Å². The van der Waals surface area contributed by atoms with E-state index in [9.17, 15) is 4.79 Å². The van der Waals surface area contributed by atoms with E-state index >= 15 is 0 Å². The molecule has 5 heteroatoms. The monoisotopic (exact) mass is 332 g/mol. The van der Waals surface area contributed by atoms with Gasteiger partial charge in [0, 0.05) is 17.0 Å². The third-order valence-electron chi connectivity index (χ3n) is 4.17. The molecule has 124 valence electrons. The molecule has 1 aromatic carbocycles. The van der Waals surface area contributed by atoms with E-state index in [4.69, 9.17) is 5.11 Å². The molecule has 0 aliphatic carbocycles. The SMILES string of the molecule is CC(C)[C@H](C)c1nc([C@@H](C)C(=O)Nc2ccc(CO)cc2)cs1. The Morgan fingerprint density at radius 1 is 1.22 bits per heavy atom. The first-order valence-electron chi connectivity index (χ1n) is 7.88. The standard InChI is InChI=1S/C18H24N2O2S/c1-11(2)12(3)18-20-16(10-23-18)13(4)17(22)19-15-7-5-14(9-21)6-8-15/h5-8,10-13,21H,9H2,1-4H3,(H,19,22)/t12-,13+/m0/s1. The van der Waals surface area contributed by atoms with Crippen LogP contribution < -0.4 is 5.32 Å². The number of carbonyl (C=O) groups excluding carboxylic acids is 1. The zero-order chi connectivity index (χ0) is 17.0. The highest BCUT2D eigenvalue weighted by Gasteiger charge is 2.21. The first kappa shape index (κ1) is 17.6. The lowest BCUT2D eigenvalue weighted by Crippen LogP contribution is -2.19. The summed E-state index contributed by atoms with van der Waals surface area (Å²) in [5.41, 5.74) is 2.37. The molecule has 0 aliphatic rings. The summed E-state index contributed by atoms with van der Waals surface area (Å²) in [6, 6.07) is 7.18. The van der Waals surface area contributed by atoms with Crippen LogP contribution in [0.15, 0.2) is 29.6 Å². The second kappa shape index (κ2) is 7.70. The lowest BCUT2D eigenvalue weighted by atomic mass is 9.99. The summed E-state index contributed by atoms with van der Waals surface area (Å²) in [5, 5.41) is 15.0. The van der Waals surface area contributed by atoms with Gasteiger partial charge >= 0.3 is 0 Å². The van der Waals surface area contributed by atoms with Crippen LogP contribution in [0.2, 0.25) is 0 Å². The summed E-state index contributed by atoms with van der Waals surface area (Å²) in [6.45, 7) is 8.40. The molecule has 1 amide bonds. The third kappa shape index (κ3) is 4.39. The number of nitrogens with one attached hydrogen (secondary N) is 1. The van der Waals surface area contributed by atoms with Gasteiger partial charge in [-0.1, -0.05) is 32.9 Å². The quantitative estimate of drug-likeness (QED) is 0.836. The van der Waals surface area contributed by atoms with Crippen LogP contribution >= 0.6 is 11.3 Å². The third-order valence-corrected chi connectivity index (χ3v) is 5.23. The average molecular weight is 332 g/mol. The van der Waals surface area contributed by atoms with Crippen LogP contribution in [-0.2, 0) is 11.4 Å². The van der Waals surface area contributed by atoms with E-state index in [0.717, 1.165) is 22.0 Å². The number of nitrogens with zero attached hydrogens (tertiary/aromatic N) is 1. The number of hydrogen-bond donors (Lipinski definition) is 2. The summed E-state index contributed by atoms with van der Waals surface area (Å²) < 4.78 is 0. The zero-order valence-corrected chi connectivity index (χ0v) is 14.9. The Hall–Kier alpha value is -1.72. The molecule has 0 saturated heterocycles. The molecule has 2 aromatic rings. The predicted octanol–water partition coefficient (Wildman–Crippen LogP) is 4.14. The number of amides is 1. The fourth-order valence-electron chi connectivity index (χ4n) is 2.07. The Labute approximate surface area is 141 Å². The van der Waals surface area contributed by atoms with Crippen molar-refractivity contribution in [1.29, 1.82) is 0 Å². The molecule has 0 bridgehead atoms.